The molecule has 1 aliphatic carbocycles. The highest BCUT2D eigenvalue weighted by atomic mass is 32.1. The number of nitrogens with zero attached hydrogens (tertiary/aromatic N) is 2. The fourth-order valence-electron chi connectivity index (χ4n) is 4.98. The van der Waals surface area contributed by atoms with Gasteiger partial charge in [-0.25, -0.2) is 9.36 Å². The zero-order chi connectivity index (χ0) is 25.6. The lowest BCUT2D eigenvalue weighted by Gasteiger charge is -2.19. The largest absolute Gasteiger partial charge is 0.497 e. The molecule has 7 heteroatoms. The third kappa shape index (κ3) is 4.15. The number of hydrogen-bond acceptors (Lipinski definition) is 5. The maximum Gasteiger partial charge on any atom is 0.337 e. The molecule has 0 N–H and O–H groups in total. The van der Waals surface area contributed by atoms with E-state index in [1.165, 1.54) is 22.1 Å². The number of ether oxygens (including phenoxy) is 2. The van der Waals surface area contributed by atoms with Crippen molar-refractivity contribution in [3.05, 3.63) is 84.9 Å². The second-order valence-electron chi connectivity index (χ2n) is 10.4. The molecular formula is C29H32N2O4S. The van der Waals surface area contributed by atoms with Crippen LogP contribution in [0.15, 0.2) is 52.1 Å². The van der Waals surface area contributed by atoms with Crippen LogP contribution in [0.2, 0.25) is 0 Å². The third-order valence-corrected chi connectivity index (χ3v) is 8.34. The number of aromatic nitrogens is 2. The number of rotatable bonds is 5. The molecule has 6 nitrogen and oxygen atoms in total. The van der Waals surface area contributed by atoms with E-state index in [1.54, 1.807) is 41.2 Å². The van der Waals surface area contributed by atoms with Gasteiger partial charge in [-0.05, 0) is 59.9 Å². The Morgan fingerprint density at radius 1 is 0.944 bits per heavy atom. The van der Waals surface area contributed by atoms with Gasteiger partial charge in [-0.2, -0.15) is 0 Å². The highest BCUT2D eigenvalue weighted by molar-refractivity contribution is 7.18. The molecule has 0 amide bonds. The quantitative estimate of drug-likeness (QED) is 0.362. The van der Waals surface area contributed by atoms with Crippen LogP contribution in [-0.2, 0) is 24.8 Å². The van der Waals surface area contributed by atoms with Crippen LogP contribution in [0.4, 0.5) is 0 Å². The molecule has 1 aliphatic rings. The van der Waals surface area contributed by atoms with E-state index < -0.39 is 0 Å². The zero-order valence-electron chi connectivity index (χ0n) is 21.5. The van der Waals surface area contributed by atoms with Gasteiger partial charge in [0.1, 0.15) is 16.3 Å². The van der Waals surface area contributed by atoms with Crippen molar-refractivity contribution < 1.29 is 9.47 Å². The minimum absolute atomic E-state index is 0.0492. The van der Waals surface area contributed by atoms with E-state index in [9.17, 15) is 9.59 Å². The third-order valence-electron chi connectivity index (χ3n) is 7.03. The van der Waals surface area contributed by atoms with Crippen molar-refractivity contribution in [2.24, 2.45) is 0 Å². The number of methoxy groups -OCH3 is 2. The molecule has 36 heavy (non-hydrogen) atoms. The van der Waals surface area contributed by atoms with Crippen LogP contribution in [-0.4, -0.2) is 23.4 Å². The molecule has 0 aliphatic heterocycles. The van der Waals surface area contributed by atoms with E-state index in [2.05, 4.69) is 45.0 Å². The second kappa shape index (κ2) is 9.28. The summed E-state index contributed by atoms with van der Waals surface area (Å²) in [6.45, 7) is 6.94. The highest BCUT2D eigenvalue weighted by Gasteiger charge is 2.25. The predicted octanol–water partition coefficient (Wildman–Crippen LogP) is 5.46. The minimum atomic E-state index is -0.366. The van der Waals surface area contributed by atoms with E-state index >= 15 is 0 Å². The molecule has 0 saturated carbocycles. The Bertz CT molecular complexity index is 1550. The Morgan fingerprint density at radius 2 is 1.67 bits per heavy atom. The van der Waals surface area contributed by atoms with Crippen LogP contribution in [0, 0.1) is 0 Å². The van der Waals surface area contributed by atoms with Crippen molar-refractivity contribution in [3.8, 4) is 17.2 Å². The number of benzene rings is 2. The molecule has 188 valence electrons. The molecule has 0 radical (unpaired) electrons. The summed E-state index contributed by atoms with van der Waals surface area (Å²) >= 11 is 1.60. The number of aryl methyl sites for hydroxylation is 2. The molecule has 2 aromatic heterocycles. The number of fused-ring (bicyclic) bond motifs is 3. The van der Waals surface area contributed by atoms with Gasteiger partial charge in [-0.15, -0.1) is 11.3 Å². The Kier molecular flexibility index (Phi) is 6.29. The lowest BCUT2D eigenvalue weighted by atomic mass is 9.87. The van der Waals surface area contributed by atoms with Gasteiger partial charge in [0.05, 0.1) is 31.8 Å². The summed E-state index contributed by atoms with van der Waals surface area (Å²) in [6, 6.07) is 13.6. The first-order valence-electron chi connectivity index (χ1n) is 12.3. The SMILES string of the molecule is COc1ccc(-n2c(=O)c3c4c(sc3n(Cc3ccc(C(C)(C)C)cc3)c2=O)CCCC4)c(OC)c1. The molecule has 2 heterocycles. The average Bonchev–Trinajstić information content (AvgIpc) is 3.26. The normalized spacial score (nSPS) is 13.6. The topological polar surface area (TPSA) is 62.5 Å². The van der Waals surface area contributed by atoms with Gasteiger partial charge in [0.2, 0.25) is 0 Å². The Morgan fingerprint density at radius 3 is 2.33 bits per heavy atom. The molecular weight excluding hydrogens is 472 g/mol. The van der Waals surface area contributed by atoms with Gasteiger partial charge in [0.25, 0.3) is 5.56 Å². The van der Waals surface area contributed by atoms with E-state index in [1.807, 2.05) is 0 Å². The number of hydrogen-bond donors (Lipinski definition) is 0. The Hall–Kier alpha value is -3.32. The second-order valence-corrected chi connectivity index (χ2v) is 11.5. The lowest BCUT2D eigenvalue weighted by molar-refractivity contribution is 0.392. The molecule has 0 saturated heterocycles. The highest BCUT2D eigenvalue weighted by Crippen LogP contribution is 2.35. The molecule has 0 unspecified atom stereocenters. The summed E-state index contributed by atoms with van der Waals surface area (Å²) < 4.78 is 13.9. The smallest absolute Gasteiger partial charge is 0.337 e. The first kappa shape index (κ1) is 24.4. The summed E-state index contributed by atoms with van der Waals surface area (Å²) in [5.74, 6) is 1.01. The molecule has 0 spiro atoms. The summed E-state index contributed by atoms with van der Waals surface area (Å²) in [7, 11) is 3.10. The van der Waals surface area contributed by atoms with Gasteiger partial charge in [-0.3, -0.25) is 9.36 Å². The molecule has 0 bridgehead atoms. The van der Waals surface area contributed by atoms with Crippen LogP contribution >= 0.6 is 11.3 Å². The minimum Gasteiger partial charge on any atom is -0.497 e. The van der Waals surface area contributed by atoms with Crippen molar-refractivity contribution in [1.29, 1.82) is 0 Å². The van der Waals surface area contributed by atoms with Gasteiger partial charge >= 0.3 is 5.69 Å². The van der Waals surface area contributed by atoms with Crippen molar-refractivity contribution >= 4 is 21.6 Å². The standard InChI is InChI=1S/C29H32N2O4S/c1-29(2,3)19-12-10-18(11-13-19)17-30-27-25(21-8-6-7-9-24(21)36-27)26(32)31(28(30)33)22-15-14-20(34-4)16-23(22)35-5/h10-16H,6-9,17H2,1-5H3. The zero-order valence-corrected chi connectivity index (χ0v) is 22.3. The summed E-state index contributed by atoms with van der Waals surface area (Å²) in [6.07, 6.45) is 3.98. The molecule has 5 rings (SSSR count). The Labute approximate surface area is 214 Å². The fourth-order valence-corrected chi connectivity index (χ4v) is 6.36. The van der Waals surface area contributed by atoms with Crippen molar-refractivity contribution in [3.63, 3.8) is 0 Å². The first-order chi connectivity index (χ1) is 17.2. The van der Waals surface area contributed by atoms with Crippen LogP contribution in [0.25, 0.3) is 15.9 Å². The summed E-state index contributed by atoms with van der Waals surface area (Å²) in [5, 5.41) is 0.665. The maximum absolute atomic E-state index is 14.0. The van der Waals surface area contributed by atoms with Gasteiger partial charge in [0.15, 0.2) is 0 Å². The van der Waals surface area contributed by atoms with Crippen LogP contribution in [0.1, 0.15) is 55.2 Å². The molecule has 0 atom stereocenters. The average molecular weight is 505 g/mol. The predicted molar refractivity (Wildman–Crippen MR) is 146 cm³/mol. The van der Waals surface area contributed by atoms with E-state index in [-0.39, 0.29) is 16.7 Å². The maximum atomic E-state index is 14.0. The van der Waals surface area contributed by atoms with Crippen LogP contribution in [0.5, 0.6) is 11.5 Å². The van der Waals surface area contributed by atoms with Crippen LogP contribution < -0.4 is 20.7 Å². The van der Waals surface area contributed by atoms with E-state index in [0.29, 0.717) is 29.1 Å². The fraction of sp³-hybridized carbons (Fsp3) is 0.379. The van der Waals surface area contributed by atoms with Gasteiger partial charge in [-0.1, -0.05) is 45.0 Å². The summed E-state index contributed by atoms with van der Waals surface area (Å²) in [5.41, 5.74) is 3.18. The van der Waals surface area contributed by atoms with E-state index in [4.69, 9.17) is 9.47 Å². The molecule has 4 aromatic rings. The van der Waals surface area contributed by atoms with Crippen molar-refractivity contribution in [2.45, 2.75) is 58.4 Å². The molecule has 0 fully saturated rings. The van der Waals surface area contributed by atoms with Crippen LogP contribution in [0.3, 0.4) is 0 Å². The van der Waals surface area contributed by atoms with E-state index in [0.717, 1.165) is 41.6 Å². The van der Waals surface area contributed by atoms with Gasteiger partial charge < -0.3 is 9.47 Å². The first-order valence-corrected chi connectivity index (χ1v) is 13.2. The monoisotopic (exact) mass is 504 g/mol. The number of thiophene rings is 1. The van der Waals surface area contributed by atoms with Gasteiger partial charge in [0, 0.05) is 10.9 Å². The van der Waals surface area contributed by atoms with Crippen molar-refractivity contribution in [2.75, 3.05) is 14.2 Å². The van der Waals surface area contributed by atoms with Crippen molar-refractivity contribution in [1.82, 2.24) is 9.13 Å². The Balaban J connectivity index is 1.76. The lowest BCUT2D eigenvalue weighted by Crippen LogP contribution is -2.39. The summed E-state index contributed by atoms with van der Waals surface area (Å²) in [4.78, 5) is 29.9. The molecule has 2 aromatic carbocycles.